The second-order valence-electron chi connectivity index (χ2n) is 6.79. The van der Waals surface area contributed by atoms with Crippen molar-refractivity contribution in [2.24, 2.45) is 0 Å². The van der Waals surface area contributed by atoms with Gasteiger partial charge in [0, 0.05) is 24.3 Å². The number of sulfonamides is 1. The number of rotatable bonds is 7. The average molecular weight is 388 g/mol. The van der Waals surface area contributed by atoms with Gasteiger partial charge in [0.05, 0.1) is 24.1 Å². The van der Waals surface area contributed by atoms with Crippen LogP contribution in [0.15, 0.2) is 47.6 Å². The summed E-state index contributed by atoms with van der Waals surface area (Å²) >= 11 is 0. The van der Waals surface area contributed by atoms with Gasteiger partial charge in [-0.25, -0.2) is 13.1 Å². The Morgan fingerprint density at radius 3 is 2.44 bits per heavy atom. The number of benzene rings is 1. The SMILES string of the molecule is Cc1nn(C(C)C)c(C)c1S(=O)(=O)NCCn1cc(-c2ccccc2)cn1. The summed E-state index contributed by atoms with van der Waals surface area (Å²) in [6.45, 7) is 8.16. The fourth-order valence-corrected chi connectivity index (χ4v) is 4.59. The van der Waals surface area contributed by atoms with Crippen LogP contribution in [0.2, 0.25) is 0 Å². The topological polar surface area (TPSA) is 81.8 Å². The van der Waals surface area contributed by atoms with Crippen molar-refractivity contribution >= 4 is 10.0 Å². The van der Waals surface area contributed by atoms with E-state index in [0.717, 1.165) is 11.1 Å². The lowest BCUT2D eigenvalue weighted by atomic mass is 10.1. The number of hydrogen-bond donors (Lipinski definition) is 1. The highest BCUT2D eigenvalue weighted by molar-refractivity contribution is 7.89. The number of aromatic nitrogens is 4. The van der Waals surface area contributed by atoms with E-state index in [4.69, 9.17) is 0 Å². The molecule has 0 saturated carbocycles. The van der Waals surface area contributed by atoms with Gasteiger partial charge >= 0.3 is 0 Å². The predicted octanol–water partition coefficient (Wildman–Crippen LogP) is 2.92. The maximum absolute atomic E-state index is 12.7. The van der Waals surface area contributed by atoms with Crippen LogP contribution in [0.3, 0.4) is 0 Å². The largest absolute Gasteiger partial charge is 0.271 e. The molecule has 8 heteroatoms. The van der Waals surface area contributed by atoms with Crippen LogP contribution in [0.1, 0.15) is 31.3 Å². The number of nitrogens with zero attached hydrogens (tertiary/aromatic N) is 4. The smallest absolute Gasteiger partial charge is 0.244 e. The molecule has 27 heavy (non-hydrogen) atoms. The van der Waals surface area contributed by atoms with Gasteiger partial charge in [0.25, 0.3) is 0 Å². The van der Waals surface area contributed by atoms with Crippen LogP contribution >= 0.6 is 0 Å². The first-order valence-corrected chi connectivity index (χ1v) is 10.4. The second kappa shape index (κ2) is 7.66. The number of hydrogen-bond acceptors (Lipinski definition) is 4. The fourth-order valence-electron chi connectivity index (χ4n) is 3.17. The highest BCUT2D eigenvalue weighted by atomic mass is 32.2. The van der Waals surface area contributed by atoms with E-state index in [9.17, 15) is 8.42 Å². The van der Waals surface area contributed by atoms with E-state index in [2.05, 4.69) is 14.9 Å². The summed E-state index contributed by atoms with van der Waals surface area (Å²) in [6.07, 6.45) is 3.70. The average Bonchev–Trinajstić information content (AvgIpc) is 3.20. The predicted molar refractivity (Wildman–Crippen MR) is 105 cm³/mol. The van der Waals surface area contributed by atoms with E-state index < -0.39 is 10.0 Å². The van der Waals surface area contributed by atoms with E-state index in [0.29, 0.717) is 17.9 Å². The monoisotopic (exact) mass is 387 g/mol. The molecule has 3 aromatic rings. The Morgan fingerprint density at radius 2 is 1.81 bits per heavy atom. The lowest BCUT2D eigenvalue weighted by Crippen LogP contribution is -2.28. The molecule has 2 aromatic heterocycles. The van der Waals surface area contributed by atoms with E-state index >= 15 is 0 Å². The van der Waals surface area contributed by atoms with Gasteiger partial charge in [-0.3, -0.25) is 9.36 Å². The zero-order valence-electron chi connectivity index (χ0n) is 16.0. The molecule has 0 saturated heterocycles. The van der Waals surface area contributed by atoms with Crippen LogP contribution in [0, 0.1) is 13.8 Å². The summed E-state index contributed by atoms with van der Waals surface area (Å²) in [7, 11) is -3.62. The zero-order valence-corrected chi connectivity index (χ0v) is 16.9. The van der Waals surface area contributed by atoms with Crippen molar-refractivity contribution in [3.05, 3.63) is 54.1 Å². The molecule has 0 spiro atoms. The summed E-state index contributed by atoms with van der Waals surface area (Å²) in [5.41, 5.74) is 3.25. The van der Waals surface area contributed by atoms with E-state index in [-0.39, 0.29) is 17.5 Å². The Balaban J connectivity index is 1.68. The van der Waals surface area contributed by atoms with Crippen molar-refractivity contribution in [1.29, 1.82) is 0 Å². The first-order chi connectivity index (χ1) is 12.8. The van der Waals surface area contributed by atoms with Crippen molar-refractivity contribution in [3.63, 3.8) is 0 Å². The molecule has 3 rings (SSSR count). The van der Waals surface area contributed by atoms with Crippen LogP contribution in [0.25, 0.3) is 11.1 Å². The Kier molecular flexibility index (Phi) is 5.48. The molecule has 0 atom stereocenters. The molecule has 0 bridgehead atoms. The molecular weight excluding hydrogens is 362 g/mol. The van der Waals surface area contributed by atoms with E-state index in [1.54, 1.807) is 29.4 Å². The molecule has 0 aliphatic rings. The Labute approximate surface area is 160 Å². The summed E-state index contributed by atoms with van der Waals surface area (Å²) < 4.78 is 31.6. The van der Waals surface area contributed by atoms with Gasteiger partial charge in [0.1, 0.15) is 4.90 Å². The maximum Gasteiger partial charge on any atom is 0.244 e. The Morgan fingerprint density at radius 1 is 1.11 bits per heavy atom. The van der Waals surface area contributed by atoms with Crippen molar-refractivity contribution < 1.29 is 8.42 Å². The quantitative estimate of drug-likeness (QED) is 0.676. The van der Waals surface area contributed by atoms with Crippen LogP contribution in [0.4, 0.5) is 0 Å². The third-order valence-electron chi connectivity index (χ3n) is 4.39. The van der Waals surface area contributed by atoms with Crippen molar-refractivity contribution in [3.8, 4) is 11.1 Å². The molecule has 0 fully saturated rings. The van der Waals surface area contributed by atoms with Crippen molar-refractivity contribution in [1.82, 2.24) is 24.3 Å². The first kappa shape index (κ1) is 19.3. The minimum absolute atomic E-state index is 0.105. The lowest BCUT2D eigenvalue weighted by Gasteiger charge is -2.10. The minimum atomic E-state index is -3.62. The standard InChI is InChI=1S/C19H25N5O2S/c1-14(2)24-16(4)19(15(3)22-24)27(25,26)21-10-11-23-13-18(12-20-23)17-8-6-5-7-9-17/h5-9,12-14,21H,10-11H2,1-4H3. The molecule has 2 heterocycles. The first-order valence-electron chi connectivity index (χ1n) is 8.93. The van der Waals surface area contributed by atoms with Gasteiger partial charge in [-0.1, -0.05) is 30.3 Å². The molecule has 1 aromatic carbocycles. The van der Waals surface area contributed by atoms with Crippen LogP contribution in [0.5, 0.6) is 0 Å². The number of nitrogens with one attached hydrogen (secondary N) is 1. The molecule has 0 aliphatic carbocycles. The summed E-state index contributed by atoms with van der Waals surface area (Å²) in [4.78, 5) is 0.265. The van der Waals surface area contributed by atoms with Gasteiger partial charge in [-0.2, -0.15) is 10.2 Å². The van der Waals surface area contributed by atoms with Gasteiger partial charge in [0.15, 0.2) is 0 Å². The minimum Gasteiger partial charge on any atom is -0.271 e. The van der Waals surface area contributed by atoms with Gasteiger partial charge in [-0.15, -0.1) is 0 Å². The highest BCUT2D eigenvalue weighted by Crippen LogP contribution is 2.22. The summed E-state index contributed by atoms with van der Waals surface area (Å²) in [6, 6.07) is 10.1. The molecule has 144 valence electrons. The molecule has 0 radical (unpaired) electrons. The van der Waals surface area contributed by atoms with Crippen LogP contribution < -0.4 is 4.72 Å². The van der Waals surface area contributed by atoms with Gasteiger partial charge in [-0.05, 0) is 33.3 Å². The fraction of sp³-hybridized carbons (Fsp3) is 0.368. The molecular formula is C19H25N5O2S. The van der Waals surface area contributed by atoms with E-state index in [1.165, 1.54) is 0 Å². The maximum atomic E-state index is 12.7. The number of aryl methyl sites for hydroxylation is 1. The third kappa shape index (κ3) is 4.12. The Hall–Kier alpha value is -2.45. The summed E-state index contributed by atoms with van der Waals surface area (Å²) in [5.74, 6) is 0. The molecule has 0 aliphatic heterocycles. The van der Waals surface area contributed by atoms with Crippen molar-refractivity contribution in [2.45, 2.75) is 45.2 Å². The van der Waals surface area contributed by atoms with Gasteiger partial charge in [0.2, 0.25) is 10.0 Å². The normalized spacial score (nSPS) is 12.0. The second-order valence-corrected chi connectivity index (χ2v) is 8.50. The molecule has 0 amide bonds. The third-order valence-corrected chi connectivity index (χ3v) is 6.10. The zero-order chi connectivity index (χ0) is 19.6. The van der Waals surface area contributed by atoms with E-state index in [1.807, 2.05) is 50.4 Å². The lowest BCUT2D eigenvalue weighted by molar-refractivity contribution is 0.514. The van der Waals surface area contributed by atoms with Crippen molar-refractivity contribution in [2.75, 3.05) is 6.54 Å². The van der Waals surface area contributed by atoms with Crippen LogP contribution in [-0.2, 0) is 16.6 Å². The molecule has 1 N–H and O–H groups in total. The summed E-state index contributed by atoms with van der Waals surface area (Å²) in [5, 5.41) is 8.67. The molecule has 0 unspecified atom stereocenters. The van der Waals surface area contributed by atoms with Crippen LogP contribution in [-0.4, -0.2) is 34.5 Å². The molecule has 7 nitrogen and oxygen atoms in total. The highest BCUT2D eigenvalue weighted by Gasteiger charge is 2.25. The van der Waals surface area contributed by atoms with Gasteiger partial charge < -0.3 is 0 Å². The Bertz CT molecular complexity index is 1020.